The van der Waals surface area contributed by atoms with E-state index < -0.39 is 0 Å². The molecule has 1 aliphatic heterocycles. The Bertz CT molecular complexity index is 984. The summed E-state index contributed by atoms with van der Waals surface area (Å²) in [5.41, 5.74) is 1.91. The minimum atomic E-state index is -0.342. The van der Waals surface area contributed by atoms with Gasteiger partial charge in [-0.2, -0.15) is 0 Å². The molecule has 0 saturated heterocycles. The van der Waals surface area contributed by atoms with E-state index in [1.165, 1.54) is 29.8 Å². The van der Waals surface area contributed by atoms with E-state index in [9.17, 15) is 9.18 Å². The van der Waals surface area contributed by atoms with Crippen LogP contribution in [0, 0.1) is 12.7 Å². The van der Waals surface area contributed by atoms with Gasteiger partial charge in [-0.25, -0.2) is 4.39 Å². The molecule has 0 bridgehead atoms. The van der Waals surface area contributed by atoms with Gasteiger partial charge in [0.25, 0.3) is 5.91 Å². The number of hydrogen-bond donors (Lipinski definition) is 1. The number of nitrogens with one attached hydrogen (secondary N) is 1. The van der Waals surface area contributed by atoms with Crippen LogP contribution in [-0.2, 0) is 17.8 Å². The van der Waals surface area contributed by atoms with Crippen molar-refractivity contribution in [3.05, 3.63) is 71.6 Å². The summed E-state index contributed by atoms with van der Waals surface area (Å²) < 4.78 is 20.5. The summed E-state index contributed by atoms with van der Waals surface area (Å²) in [7, 11) is 0. The van der Waals surface area contributed by atoms with E-state index in [-0.39, 0.29) is 18.3 Å². The summed E-state index contributed by atoms with van der Waals surface area (Å²) in [6.45, 7) is 2.68. The number of halogens is 1. The third kappa shape index (κ3) is 4.03. The predicted molar refractivity (Wildman–Crippen MR) is 103 cm³/mol. The Labute approximate surface area is 162 Å². The Morgan fingerprint density at radius 3 is 2.89 bits per heavy atom. The van der Waals surface area contributed by atoms with Gasteiger partial charge in [0.1, 0.15) is 23.2 Å². The molecule has 0 aliphatic carbocycles. The number of ether oxygens (including phenoxy) is 1. The molecule has 144 valence electrons. The number of carbonyl (C=O) groups excluding carboxylic acids is 1. The minimum Gasteiger partial charge on any atom is -0.484 e. The smallest absolute Gasteiger partial charge is 0.262 e. The maximum Gasteiger partial charge on any atom is 0.262 e. The molecule has 1 amide bonds. The van der Waals surface area contributed by atoms with E-state index in [0.717, 1.165) is 36.7 Å². The number of aromatic nitrogens is 3. The van der Waals surface area contributed by atoms with Crippen LogP contribution >= 0.6 is 0 Å². The first-order valence-electron chi connectivity index (χ1n) is 9.25. The van der Waals surface area contributed by atoms with Gasteiger partial charge >= 0.3 is 0 Å². The van der Waals surface area contributed by atoms with Crippen molar-refractivity contribution >= 4 is 11.6 Å². The van der Waals surface area contributed by atoms with Gasteiger partial charge in [-0.3, -0.25) is 4.79 Å². The SMILES string of the molecule is Cc1nnc2n1CC(c1cccc(NC(=O)COc3ccc(F)cc3)c1)CC2. The molecule has 2 heterocycles. The van der Waals surface area contributed by atoms with E-state index in [0.29, 0.717) is 11.7 Å². The summed E-state index contributed by atoms with van der Waals surface area (Å²) in [6, 6.07) is 13.5. The number of amides is 1. The fraction of sp³-hybridized carbons (Fsp3) is 0.286. The van der Waals surface area contributed by atoms with Crippen LogP contribution in [0.15, 0.2) is 48.5 Å². The number of benzene rings is 2. The molecule has 6 nitrogen and oxygen atoms in total. The van der Waals surface area contributed by atoms with E-state index in [1.54, 1.807) is 0 Å². The number of hydrogen-bond acceptors (Lipinski definition) is 4. The Kier molecular flexibility index (Phi) is 5.06. The zero-order valence-electron chi connectivity index (χ0n) is 15.6. The van der Waals surface area contributed by atoms with Gasteiger partial charge in [-0.1, -0.05) is 12.1 Å². The molecule has 1 atom stereocenters. The van der Waals surface area contributed by atoms with Gasteiger partial charge in [-0.15, -0.1) is 10.2 Å². The third-order valence-corrected chi connectivity index (χ3v) is 4.96. The van der Waals surface area contributed by atoms with E-state index >= 15 is 0 Å². The molecular weight excluding hydrogens is 359 g/mol. The van der Waals surface area contributed by atoms with Crippen molar-refractivity contribution in [3.63, 3.8) is 0 Å². The van der Waals surface area contributed by atoms with Gasteiger partial charge in [0, 0.05) is 24.6 Å². The summed E-state index contributed by atoms with van der Waals surface area (Å²) in [6.07, 6.45) is 1.90. The Morgan fingerprint density at radius 2 is 2.07 bits per heavy atom. The molecule has 0 saturated carbocycles. The maximum absolute atomic E-state index is 12.9. The lowest BCUT2D eigenvalue weighted by Gasteiger charge is -2.24. The number of rotatable bonds is 5. The van der Waals surface area contributed by atoms with Crippen molar-refractivity contribution in [2.75, 3.05) is 11.9 Å². The van der Waals surface area contributed by atoms with Crippen molar-refractivity contribution in [2.24, 2.45) is 0 Å². The first-order valence-corrected chi connectivity index (χ1v) is 9.25. The first-order chi connectivity index (χ1) is 13.6. The normalized spacial score (nSPS) is 15.7. The zero-order chi connectivity index (χ0) is 19.5. The Balaban J connectivity index is 1.38. The molecule has 0 spiro atoms. The van der Waals surface area contributed by atoms with Crippen molar-refractivity contribution in [3.8, 4) is 5.75 Å². The predicted octanol–water partition coefficient (Wildman–Crippen LogP) is 3.47. The van der Waals surface area contributed by atoms with Crippen LogP contribution in [-0.4, -0.2) is 27.3 Å². The van der Waals surface area contributed by atoms with Crippen molar-refractivity contribution in [1.82, 2.24) is 14.8 Å². The molecule has 2 aromatic carbocycles. The second-order valence-electron chi connectivity index (χ2n) is 6.93. The fourth-order valence-electron chi connectivity index (χ4n) is 3.48. The number of fused-ring (bicyclic) bond motifs is 1. The molecule has 1 aliphatic rings. The van der Waals surface area contributed by atoms with Crippen LogP contribution < -0.4 is 10.1 Å². The third-order valence-electron chi connectivity index (χ3n) is 4.96. The van der Waals surface area contributed by atoms with Gasteiger partial charge in [-0.05, 0) is 55.3 Å². The summed E-state index contributed by atoms with van der Waals surface area (Å²) in [5.74, 6) is 2.17. The lowest BCUT2D eigenvalue weighted by molar-refractivity contribution is -0.118. The molecule has 1 unspecified atom stereocenters. The number of nitrogens with zero attached hydrogens (tertiary/aromatic N) is 3. The Morgan fingerprint density at radius 1 is 1.25 bits per heavy atom. The molecule has 1 N–H and O–H groups in total. The monoisotopic (exact) mass is 380 g/mol. The fourth-order valence-corrected chi connectivity index (χ4v) is 3.48. The highest BCUT2D eigenvalue weighted by molar-refractivity contribution is 5.91. The largest absolute Gasteiger partial charge is 0.484 e. The summed E-state index contributed by atoms with van der Waals surface area (Å²) >= 11 is 0. The van der Waals surface area contributed by atoms with Gasteiger partial charge in [0.05, 0.1) is 0 Å². The summed E-state index contributed by atoms with van der Waals surface area (Å²) in [5, 5.41) is 11.2. The Hall–Kier alpha value is -3.22. The topological polar surface area (TPSA) is 69.0 Å². The molecule has 0 fully saturated rings. The zero-order valence-corrected chi connectivity index (χ0v) is 15.6. The van der Waals surface area contributed by atoms with Crippen LogP contribution in [0.1, 0.15) is 29.6 Å². The lowest BCUT2D eigenvalue weighted by atomic mass is 9.91. The van der Waals surface area contributed by atoms with Crippen LogP contribution in [0.2, 0.25) is 0 Å². The quantitative estimate of drug-likeness (QED) is 0.736. The lowest BCUT2D eigenvalue weighted by Crippen LogP contribution is -2.21. The number of anilines is 1. The van der Waals surface area contributed by atoms with E-state index in [1.807, 2.05) is 25.1 Å². The molecular formula is C21H21FN4O2. The van der Waals surface area contributed by atoms with Crippen molar-refractivity contribution < 1.29 is 13.9 Å². The highest BCUT2D eigenvalue weighted by atomic mass is 19.1. The van der Waals surface area contributed by atoms with Crippen LogP contribution in [0.5, 0.6) is 5.75 Å². The highest BCUT2D eigenvalue weighted by Crippen LogP contribution is 2.30. The minimum absolute atomic E-state index is 0.136. The molecule has 7 heteroatoms. The molecule has 4 rings (SSSR count). The highest BCUT2D eigenvalue weighted by Gasteiger charge is 2.23. The van der Waals surface area contributed by atoms with Gasteiger partial charge < -0.3 is 14.6 Å². The van der Waals surface area contributed by atoms with Crippen molar-refractivity contribution in [2.45, 2.75) is 32.2 Å². The maximum atomic E-state index is 12.9. The van der Waals surface area contributed by atoms with Crippen molar-refractivity contribution in [1.29, 1.82) is 0 Å². The van der Waals surface area contributed by atoms with Crippen LogP contribution in [0.25, 0.3) is 0 Å². The van der Waals surface area contributed by atoms with Gasteiger partial charge in [0.2, 0.25) is 0 Å². The van der Waals surface area contributed by atoms with Crippen LogP contribution in [0.3, 0.4) is 0 Å². The molecule has 1 aromatic heterocycles. The average molecular weight is 380 g/mol. The average Bonchev–Trinajstić information content (AvgIpc) is 3.08. The van der Waals surface area contributed by atoms with E-state index in [2.05, 4.69) is 26.1 Å². The number of carbonyl (C=O) groups is 1. The number of aryl methyl sites for hydroxylation is 2. The molecule has 0 radical (unpaired) electrons. The van der Waals surface area contributed by atoms with Crippen LogP contribution in [0.4, 0.5) is 10.1 Å². The second kappa shape index (κ2) is 7.80. The second-order valence-corrected chi connectivity index (χ2v) is 6.93. The summed E-state index contributed by atoms with van der Waals surface area (Å²) in [4.78, 5) is 12.2. The molecule has 28 heavy (non-hydrogen) atoms. The van der Waals surface area contributed by atoms with Gasteiger partial charge in [0.15, 0.2) is 6.61 Å². The standard InChI is InChI=1S/C21H21FN4O2/c1-14-24-25-20-10-5-16(12-26(14)20)15-3-2-4-18(11-15)23-21(27)13-28-19-8-6-17(22)7-9-19/h2-4,6-9,11,16H,5,10,12-13H2,1H3,(H,23,27). The van der Waals surface area contributed by atoms with E-state index in [4.69, 9.17) is 4.74 Å². The first kappa shape index (κ1) is 18.2. The molecule has 3 aromatic rings.